The number of anilines is 1. The number of aromatic nitrogens is 3. The summed E-state index contributed by atoms with van der Waals surface area (Å²) in [6, 6.07) is 9.48. The average molecular weight is 457 g/mol. The van der Waals surface area contributed by atoms with Gasteiger partial charge in [0.2, 0.25) is 11.1 Å². The molecule has 0 aliphatic heterocycles. The second kappa shape index (κ2) is 8.97. The number of hydrogen-bond acceptors (Lipinski definition) is 5. The predicted octanol–water partition coefficient (Wildman–Crippen LogP) is 5.27. The van der Waals surface area contributed by atoms with Gasteiger partial charge in [-0.25, -0.2) is 4.98 Å². The summed E-state index contributed by atoms with van der Waals surface area (Å²) in [6.45, 7) is 1.60. The Kier molecular flexibility index (Phi) is 6.57. The van der Waals surface area contributed by atoms with Gasteiger partial charge in [0.15, 0.2) is 5.82 Å². The minimum Gasteiger partial charge on any atom is -0.496 e. The van der Waals surface area contributed by atoms with Gasteiger partial charge in [-0.15, -0.1) is 5.10 Å². The molecule has 1 heterocycles. The normalized spacial score (nSPS) is 12.5. The molecule has 0 bridgehead atoms. The van der Waals surface area contributed by atoms with Crippen molar-refractivity contribution in [3.63, 3.8) is 0 Å². The first kappa shape index (κ1) is 22.0. The molecule has 0 spiro atoms. The van der Waals surface area contributed by atoms with Gasteiger partial charge in [-0.05, 0) is 43.3 Å². The number of benzene rings is 2. The molecule has 158 valence electrons. The number of methoxy groups -OCH3 is 1. The topological polar surface area (TPSA) is 79.9 Å². The highest BCUT2D eigenvalue weighted by molar-refractivity contribution is 8.00. The molecule has 1 unspecified atom stereocenters. The maximum Gasteiger partial charge on any atom is 0.416 e. The monoisotopic (exact) mass is 456 g/mol. The van der Waals surface area contributed by atoms with Crippen molar-refractivity contribution < 1.29 is 22.7 Å². The molecule has 3 aromatic rings. The minimum absolute atomic E-state index is 0.0571. The van der Waals surface area contributed by atoms with E-state index in [1.54, 1.807) is 25.1 Å². The van der Waals surface area contributed by atoms with E-state index in [1.165, 1.54) is 19.2 Å². The Hall–Kier alpha value is -2.72. The largest absolute Gasteiger partial charge is 0.496 e. The number of carbonyl (C=O) groups is 1. The fraction of sp³-hybridized carbons (Fsp3) is 0.211. The summed E-state index contributed by atoms with van der Waals surface area (Å²) in [7, 11) is 1.51. The molecule has 0 fully saturated rings. The van der Waals surface area contributed by atoms with Crippen LogP contribution in [0.25, 0.3) is 11.4 Å². The van der Waals surface area contributed by atoms with Gasteiger partial charge in [0.05, 0.1) is 23.5 Å². The van der Waals surface area contributed by atoms with Crippen molar-refractivity contribution >= 4 is 35.0 Å². The molecule has 1 aromatic heterocycles. The van der Waals surface area contributed by atoms with E-state index in [9.17, 15) is 18.0 Å². The Morgan fingerprint density at radius 3 is 2.73 bits per heavy atom. The molecule has 0 saturated carbocycles. The highest BCUT2D eigenvalue weighted by atomic mass is 35.5. The lowest BCUT2D eigenvalue weighted by Gasteiger charge is -2.12. The molecule has 0 saturated heterocycles. The third kappa shape index (κ3) is 5.25. The Bertz CT molecular complexity index is 1060. The van der Waals surface area contributed by atoms with E-state index in [0.717, 1.165) is 23.9 Å². The maximum atomic E-state index is 12.8. The number of aromatic amines is 1. The van der Waals surface area contributed by atoms with Crippen LogP contribution in [0, 0.1) is 0 Å². The average Bonchev–Trinajstić information content (AvgIpc) is 3.15. The van der Waals surface area contributed by atoms with Gasteiger partial charge in [0, 0.05) is 10.7 Å². The fourth-order valence-electron chi connectivity index (χ4n) is 2.51. The van der Waals surface area contributed by atoms with Crippen molar-refractivity contribution in [2.45, 2.75) is 23.5 Å². The van der Waals surface area contributed by atoms with Crippen LogP contribution in [-0.4, -0.2) is 33.4 Å². The zero-order valence-corrected chi connectivity index (χ0v) is 17.3. The van der Waals surface area contributed by atoms with Crippen molar-refractivity contribution in [1.29, 1.82) is 0 Å². The van der Waals surface area contributed by atoms with Gasteiger partial charge >= 0.3 is 6.18 Å². The third-order valence-electron chi connectivity index (χ3n) is 3.99. The molecule has 1 atom stereocenters. The summed E-state index contributed by atoms with van der Waals surface area (Å²) in [5, 5.41) is 9.43. The number of amides is 1. The molecule has 3 rings (SSSR count). The summed E-state index contributed by atoms with van der Waals surface area (Å²) in [5.41, 5.74) is -0.179. The van der Waals surface area contributed by atoms with Crippen LogP contribution >= 0.6 is 23.4 Å². The van der Waals surface area contributed by atoms with Crippen molar-refractivity contribution in [2.75, 3.05) is 12.4 Å². The van der Waals surface area contributed by atoms with Gasteiger partial charge in [0.1, 0.15) is 5.75 Å². The van der Waals surface area contributed by atoms with E-state index >= 15 is 0 Å². The molecule has 1 amide bonds. The van der Waals surface area contributed by atoms with Crippen LogP contribution in [0.15, 0.2) is 47.6 Å². The lowest BCUT2D eigenvalue weighted by molar-refractivity contribution is -0.137. The Morgan fingerprint density at radius 2 is 2.03 bits per heavy atom. The molecule has 0 aliphatic rings. The maximum absolute atomic E-state index is 12.8. The first-order valence-electron chi connectivity index (χ1n) is 8.58. The standard InChI is InChI=1S/C19H16ClF3N4O2S/c1-10(17(28)24-13-5-3-4-11(8-13)19(21,22)23)30-18-25-16(26-27-18)14-9-12(20)6-7-15(14)29-2/h3-10H,1-2H3,(H,24,28)(H,25,26,27). The highest BCUT2D eigenvalue weighted by Crippen LogP contribution is 2.33. The Balaban J connectivity index is 1.69. The van der Waals surface area contributed by atoms with Crippen LogP contribution < -0.4 is 10.1 Å². The van der Waals surface area contributed by atoms with Gasteiger partial charge in [0.25, 0.3) is 0 Å². The van der Waals surface area contributed by atoms with Crippen molar-refractivity contribution in [3.05, 3.63) is 53.1 Å². The zero-order chi connectivity index (χ0) is 21.9. The smallest absolute Gasteiger partial charge is 0.416 e. The second-order valence-corrected chi connectivity index (χ2v) is 7.88. The number of H-pyrrole nitrogens is 1. The van der Waals surface area contributed by atoms with Crippen LogP contribution in [0.1, 0.15) is 12.5 Å². The highest BCUT2D eigenvalue weighted by Gasteiger charge is 2.30. The van der Waals surface area contributed by atoms with E-state index in [1.807, 2.05) is 0 Å². The fourth-order valence-corrected chi connectivity index (χ4v) is 3.41. The number of carbonyl (C=O) groups excluding carboxylic acids is 1. The van der Waals surface area contributed by atoms with Gasteiger partial charge in [-0.3, -0.25) is 9.89 Å². The van der Waals surface area contributed by atoms with Gasteiger partial charge < -0.3 is 10.1 Å². The van der Waals surface area contributed by atoms with Crippen molar-refractivity contribution in [3.8, 4) is 17.1 Å². The number of nitrogens with one attached hydrogen (secondary N) is 2. The SMILES string of the molecule is COc1ccc(Cl)cc1-c1nc(SC(C)C(=O)Nc2cccc(C(F)(F)F)c2)n[nH]1. The van der Waals surface area contributed by atoms with E-state index in [0.29, 0.717) is 27.3 Å². The van der Waals surface area contributed by atoms with Gasteiger partial charge in [-0.2, -0.15) is 13.2 Å². The van der Waals surface area contributed by atoms with Crippen molar-refractivity contribution in [1.82, 2.24) is 15.2 Å². The number of halogens is 4. The van der Waals surface area contributed by atoms with Gasteiger partial charge in [-0.1, -0.05) is 29.4 Å². The first-order valence-corrected chi connectivity index (χ1v) is 9.84. The molecular weight excluding hydrogens is 441 g/mol. The minimum atomic E-state index is -4.49. The van der Waals surface area contributed by atoms with Crippen LogP contribution in [-0.2, 0) is 11.0 Å². The Morgan fingerprint density at radius 1 is 1.27 bits per heavy atom. The molecular formula is C19H16ClF3N4O2S. The number of nitrogens with zero attached hydrogens (tertiary/aromatic N) is 2. The molecule has 2 aromatic carbocycles. The number of thioether (sulfide) groups is 1. The molecule has 30 heavy (non-hydrogen) atoms. The van der Waals surface area contributed by atoms with Crippen molar-refractivity contribution in [2.24, 2.45) is 0 Å². The summed E-state index contributed by atoms with van der Waals surface area (Å²) < 4.78 is 43.7. The first-order chi connectivity index (χ1) is 14.2. The number of alkyl halides is 3. The summed E-state index contributed by atoms with van der Waals surface area (Å²) in [5.74, 6) is 0.468. The summed E-state index contributed by atoms with van der Waals surface area (Å²) in [6.07, 6.45) is -4.49. The van der Waals surface area contributed by atoms with E-state index < -0.39 is 22.9 Å². The van der Waals surface area contributed by atoms with E-state index in [-0.39, 0.29) is 5.69 Å². The van der Waals surface area contributed by atoms with Crippen LogP contribution in [0.3, 0.4) is 0 Å². The molecule has 0 aliphatic carbocycles. The quantitative estimate of drug-likeness (QED) is 0.494. The van der Waals surface area contributed by atoms with Crippen LogP contribution in [0.5, 0.6) is 5.75 Å². The molecule has 0 radical (unpaired) electrons. The zero-order valence-electron chi connectivity index (χ0n) is 15.7. The second-order valence-electron chi connectivity index (χ2n) is 6.14. The number of ether oxygens (including phenoxy) is 1. The number of hydrogen-bond donors (Lipinski definition) is 2. The molecule has 6 nitrogen and oxygen atoms in total. The van der Waals surface area contributed by atoms with Crippen LogP contribution in [0.2, 0.25) is 5.02 Å². The van der Waals surface area contributed by atoms with Crippen LogP contribution in [0.4, 0.5) is 18.9 Å². The summed E-state index contributed by atoms with van der Waals surface area (Å²) in [4.78, 5) is 16.7. The molecule has 2 N–H and O–H groups in total. The predicted molar refractivity (Wildman–Crippen MR) is 109 cm³/mol. The van der Waals surface area contributed by atoms with E-state index in [4.69, 9.17) is 16.3 Å². The van der Waals surface area contributed by atoms with E-state index in [2.05, 4.69) is 20.5 Å². The summed E-state index contributed by atoms with van der Waals surface area (Å²) >= 11 is 7.08. The lowest BCUT2D eigenvalue weighted by atomic mass is 10.2. The number of rotatable bonds is 6. The molecule has 11 heteroatoms. The Labute approximate surface area is 179 Å². The lowest BCUT2D eigenvalue weighted by Crippen LogP contribution is -2.22. The third-order valence-corrected chi connectivity index (χ3v) is 5.19.